The van der Waals surface area contributed by atoms with Gasteiger partial charge in [-0.3, -0.25) is 0 Å². The minimum atomic E-state index is 0.0428. The van der Waals surface area contributed by atoms with Gasteiger partial charge in [-0.05, 0) is 0 Å². The lowest BCUT2D eigenvalue weighted by Gasteiger charge is -2.11. The van der Waals surface area contributed by atoms with Crippen molar-refractivity contribution in [1.29, 1.82) is 0 Å². The molecule has 0 bridgehead atoms. The molecule has 1 aliphatic heterocycles. The van der Waals surface area contributed by atoms with Crippen LogP contribution in [0.2, 0.25) is 0 Å². The molecule has 0 spiro atoms. The average Bonchev–Trinajstić information content (AvgIpc) is 2.39. The lowest BCUT2D eigenvalue weighted by atomic mass is 10.3. The van der Waals surface area contributed by atoms with E-state index in [1.807, 2.05) is 0 Å². The van der Waals surface area contributed by atoms with E-state index in [0.29, 0.717) is 6.04 Å². The van der Waals surface area contributed by atoms with Crippen molar-refractivity contribution in [1.82, 2.24) is 5.32 Å². The second-order valence-electron chi connectivity index (χ2n) is 3.07. The predicted octanol–water partition coefficient (Wildman–Crippen LogP) is 0.747. The molecule has 11 heavy (non-hydrogen) atoms. The van der Waals surface area contributed by atoms with E-state index in [4.69, 9.17) is 9.47 Å². The average molecular weight is 159 g/mol. The highest BCUT2D eigenvalue weighted by atomic mass is 16.7. The Labute approximate surface area is 68.1 Å². The summed E-state index contributed by atoms with van der Waals surface area (Å²) < 4.78 is 10.5. The first-order valence-electron chi connectivity index (χ1n) is 4.25. The first-order valence-corrected chi connectivity index (χ1v) is 4.25. The molecule has 1 saturated heterocycles. The lowest BCUT2D eigenvalue weighted by Crippen LogP contribution is -2.26. The molecule has 0 aromatic rings. The Morgan fingerprint density at radius 1 is 1.36 bits per heavy atom. The third kappa shape index (κ3) is 3.70. The van der Waals surface area contributed by atoms with Crippen LogP contribution in [0.1, 0.15) is 20.3 Å². The summed E-state index contributed by atoms with van der Waals surface area (Å²) in [5, 5.41) is 3.31. The van der Waals surface area contributed by atoms with E-state index in [1.165, 1.54) is 0 Å². The van der Waals surface area contributed by atoms with Gasteiger partial charge in [0.05, 0.1) is 13.2 Å². The third-order valence-electron chi connectivity index (χ3n) is 1.62. The summed E-state index contributed by atoms with van der Waals surface area (Å²) in [4.78, 5) is 0. The molecule has 0 atom stereocenters. The Hall–Kier alpha value is -0.120. The highest BCUT2D eigenvalue weighted by molar-refractivity contribution is 4.57. The number of hydrogen-bond acceptors (Lipinski definition) is 3. The molecule has 1 aliphatic rings. The van der Waals surface area contributed by atoms with Crippen LogP contribution in [0.5, 0.6) is 0 Å². The van der Waals surface area contributed by atoms with Gasteiger partial charge in [0.15, 0.2) is 6.29 Å². The van der Waals surface area contributed by atoms with Crippen molar-refractivity contribution >= 4 is 0 Å². The van der Waals surface area contributed by atoms with Gasteiger partial charge in [0, 0.05) is 19.0 Å². The van der Waals surface area contributed by atoms with Crippen LogP contribution in [0.15, 0.2) is 0 Å². The summed E-state index contributed by atoms with van der Waals surface area (Å²) in [6.45, 7) is 6.76. The molecule has 0 aromatic heterocycles. The quantitative estimate of drug-likeness (QED) is 0.656. The minimum Gasteiger partial charge on any atom is -0.350 e. The van der Waals surface area contributed by atoms with Crippen molar-refractivity contribution in [3.8, 4) is 0 Å². The van der Waals surface area contributed by atoms with Gasteiger partial charge in [0.25, 0.3) is 0 Å². The Morgan fingerprint density at radius 3 is 2.55 bits per heavy atom. The Bertz CT molecular complexity index is 100. The molecule has 0 unspecified atom stereocenters. The van der Waals surface area contributed by atoms with E-state index in [-0.39, 0.29) is 6.29 Å². The molecule has 0 aliphatic carbocycles. The van der Waals surface area contributed by atoms with Crippen LogP contribution in [0.25, 0.3) is 0 Å². The van der Waals surface area contributed by atoms with Crippen LogP contribution in [0.3, 0.4) is 0 Å². The highest BCUT2D eigenvalue weighted by Gasteiger charge is 2.14. The van der Waals surface area contributed by atoms with Gasteiger partial charge in [-0.2, -0.15) is 0 Å². The first kappa shape index (κ1) is 8.97. The van der Waals surface area contributed by atoms with E-state index < -0.39 is 0 Å². The molecule has 0 radical (unpaired) electrons. The predicted molar refractivity (Wildman–Crippen MR) is 43.4 cm³/mol. The van der Waals surface area contributed by atoms with Gasteiger partial charge in [-0.1, -0.05) is 13.8 Å². The number of rotatable bonds is 4. The molecule has 66 valence electrons. The standard InChI is InChI=1S/C8H17NO2/c1-7(2)9-4-3-8-10-5-6-11-8/h7-9H,3-6H2,1-2H3. The fourth-order valence-corrected chi connectivity index (χ4v) is 1.06. The smallest absolute Gasteiger partial charge is 0.159 e. The summed E-state index contributed by atoms with van der Waals surface area (Å²) in [5.74, 6) is 0. The zero-order valence-electron chi connectivity index (χ0n) is 7.30. The van der Waals surface area contributed by atoms with Crippen molar-refractivity contribution < 1.29 is 9.47 Å². The van der Waals surface area contributed by atoms with Crippen molar-refractivity contribution in [2.24, 2.45) is 0 Å². The number of nitrogens with one attached hydrogen (secondary N) is 1. The maximum atomic E-state index is 5.27. The van der Waals surface area contributed by atoms with Crippen molar-refractivity contribution in [2.75, 3.05) is 19.8 Å². The van der Waals surface area contributed by atoms with Crippen LogP contribution in [-0.4, -0.2) is 32.1 Å². The zero-order valence-corrected chi connectivity index (χ0v) is 7.30. The Balaban J connectivity index is 1.94. The maximum Gasteiger partial charge on any atom is 0.159 e. The molecule has 0 amide bonds. The normalized spacial score (nSPS) is 19.9. The zero-order chi connectivity index (χ0) is 8.10. The van der Waals surface area contributed by atoms with E-state index >= 15 is 0 Å². The van der Waals surface area contributed by atoms with Gasteiger partial charge in [0.1, 0.15) is 0 Å². The van der Waals surface area contributed by atoms with Crippen LogP contribution >= 0.6 is 0 Å². The molecule has 3 heteroatoms. The van der Waals surface area contributed by atoms with E-state index in [0.717, 1.165) is 26.2 Å². The number of hydrogen-bond donors (Lipinski definition) is 1. The summed E-state index contributed by atoms with van der Waals surface area (Å²) in [6, 6.07) is 0.552. The van der Waals surface area contributed by atoms with Gasteiger partial charge < -0.3 is 14.8 Å². The molecule has 1 rings (SSSR count). The van der Waals surface area contributed by atoms with E-state index in [9.17, 15) is 0 Å². The molecule has 1 heterocycles. The SMILES string of the molecule is CC(C)NCCC1OCCO1. The van der Waals surface area contributed by atoms with Crippen LogP contribution in [0, 0.1) is 0 Å². The van der Waals surface area contributed by atoms with Crippen LogP contribution in [-0.2, 0) is 9.47 Å². The first-order chi connectivity index (χ1) is 5.29. The molecule has 3 nitrogen and oxygen atoms in total. The molecule has 1 fully saturated rings. The summed E-state index contributed by atoms with van der Waals surface area (Å²) in [5.41, 5.74) is 0. The Morgan fingerprint density at radius 2 is 2.00 bits per heavy atom. The van der Waals surface area contributed by atoms with Gasteiger partial charge >= 0.3 is 0 Å². The molecule has 0 aromatic carbocycles. The summed E-state index contributed by atoms with van der Waals surface area (Å²) in [7, 11) is 0. The fraction of sp³-hybridized carbons (Fsp3) is 1.00. The van der Waals surface area contributed by atoms with Crippen LogP contribution < -0.4 is 5.32 Å². The van der Waals surface area contributed by atoms with Crippen molar-refractivity contribution in [3.05, 3.63) is 0 Å². The molecular weight excluding hydrogens is 142 g/mol. The second-order valence-corrected chi connectivity index (χ2v) is 3.07. The topological polar surface area (TPSA) is 30.5 Å². The van der Waals surface area contributed by atoms with Gasteiger partial charge in [-0.25, -0.2) is 0 Å². The monoisotopic (exact) mass is 159 g/mol. The van der Waals surface area contributed by atoms with Gasteiger partial charge in [-0.15, -0.1) is 0 Å². The maximum absolute atomic E-state index is 5.27. The van der Waals surface area contributed by atoms with Crippen molar-refractivity contribution in [2.45, 2.75) is 32.6 Å². The fourth-order valence-electron chi connectivity index (χ4n) is 1.06. The largest absolute Gasteiger partial charge is 0.350 e. The molecular formula is C8H17NO2. The molecule has 0 saturated carbocycles. The highest BCUT2D eigenvalue weighted by Crippen LogP contribution is 2.06. The lowest BCUT2D eigenvalue weighted by molar-refractivity contribution is -0.0461. The Kier molecular flexibility index (Phi) is 3.83. The third-order valence-corrected chi connectivity index (χ3v) is 1.62. The van der Waals surface area contributed by atoms with E-state index in [2.05, 4.69) is 19.2 Å². The minimum absolute atomic E-state index is 0.0428. The van der Waals surface area contributed by atoms with E-state index in [1.54, 1.807) is 0 Å². The number of ether oxygens (including phenoxy) is 2. The van der Waals surface area contributed by atoms with Crippen molar-refractivity contribution in [3.63, 3.8) is 0 Å². The molecule has 1 N–H and O–H groups in total. The van der Waals surface area contributed by atoms with Gasteiger partial charge in [0.2, 0.25) is 0 Å². The summed E-state index contributed by atoms with van der Waals surface area (Å²) in [6.07, 6.45) is 0.999. The van der Waals surface area contributed by atoms with Crippen LogP contribution in [0.4, 0.5) is 0 Å². The second kappa shape index (κ2) is 4.70. The summed E-state index contributed by atoms with van der Waals surface area (Å²) >= 11 is 0.